The first-order chi connectivity index (χ1) is 8.08. The number of fused-ring (bicyclic) bond motifs is 1. The molecule has 0 radical (unpaired) electrons. The van der Waals surface area contributed by atoms with Crippen LogP contribution >= 0.6 is 0 Å². The third-order valence-corrected chi connectivity index (χ3v) is 3.96. The number of hydrogen-bond donors (Lipinski definition) is 1. The van der Waals surface area contributed by atoms with E-state index in [9.17, 15) is 4.79 Å². The van der Waals surface area contributed by atoms with Gasteiger partial charge in [0.05, 0.1) is 0 Å². The minimum absolute atomic E-state index is 0.342. The largest absolute Gasteiger partial charge is 0.478 e. The highest BCUT2D eigenvalue weighted by molar-refractivity contribution is 5.79. The molecule has 4 atom stereocenters. The van der Waals surface area contributed by atoms with Crippen LogP contribution in [0.2, 0.25) is 0 Å². The SMILES string of the molecule is C[C@H]1C=C2C=C[C@H](C)[C@H](C=CC(=O)O)[C@H]2CC1. The molecular formula is C15H20O2. The molecule has 0 spiro atoms. The lowest BCUT2D eigenvalue weighted by Crippen LogP contribution is -2.27. The predicted octanol–water partition coefficient (Wildman–Crippen LogP) is 3.42. The zero-order valence-corrected chi connectivity index (χ0v) is 10.5. The standard InChI is InChI=1S/C15H20O2/c1-10-3-6-14-12(9-10)5-4-11(2)13(14)7-8-15(16)17/h4-5,7-11,13-14H,3,6H2,1-2H3,(H,16,17)/t10-,11+,13+,14+/m1/s1. The van der Waals surface area contributed by atoms with Gasteiger partial charge in [-0.15, -0.1) is 0 Å². The molecule has 0 heterocycles. The molecule has 2 rings (SSSR count). The van der Waals surface area contributed by atoms with Gasteiger partial charge in [0.25, 0.3) is 0 Å². The van der Waals surface area contributed by atoms with E-state index in [1.165, 1.54) is 24.5 Å². The van der Waals surface area contributed by atoms with Crippen molar-refractivity contribution in [2.75, 3.05) is 0 Å². The highest BCUT2D eigenvalue weighted by atomic mass is 16.4. The molecule has 92 valence electrons. The Morgan fingerprint density at radius 1 is 1.41 bits per heavy atom. The average Bonchev–Trinajstić information content (AvgIpc) is 2.27. The first-order valence-corrected chi connectivity index (χ1v) is 6.39. The summed E-state index contributed by atoms with van der Waals surface area (Å²) in [6, 6.07) is 0. The fraction of sp³-hybridized carbons (Fsp3) is 0.533. The molecule has 0 aromatic carbocycles. The Kier molecular flexibility index (Phi) is 3.51. The number of hydrogen-bond acceptors (Lipinski definition) is 1. The number of carboxylic acid groups (broad SMARTS) is 1. The van der Waals surface area contributed by atoms with Crippen molar-refractivity contribution in [3.05, 3.63) is 36.0 Å². The van der Waals surface area contributed by atoms with Crippen LogP contribution in [0.4, 0.5) is 0 Å². The molecule has 2 aliphatic carbocycles. The summed E-state index contributed by atoms with van der Waals surface area (Å²) in [4.78, 5) is 10.6. The normalized spacial score (nSPS) is 36.7. The van der Waals surface area contributed by atoms with Gasteiger partial charge in [-0.1, -0.05) is 38.2 Å². The summed E-state index contributed by atoms with van der Waals surface area (Å²) in [5.41, 5.74) is 1.40. The Morgan fingerprint density at radius 2 is 2.18 bits per heavy atom. The Balaban J connectivity index is 2.24. The average molecular weight is 232 g/mol. The van der Waals surface area contributed by atoms with E-state index in [-0.39, 0.29) is 0 Å². The Hall–Kier alpha value is -1.31. The first-order valence-electron chi connectivity index (χ1n) is 6.39. The molecule has 0 aliphatic heterocycles. The number of carbonyl (C=O) groups is 1. The Labute approximate surface area is 103 Å². The lowest BCUT2D eigenvalue weighted by atomic mass is 9.68. The van der Waals surface area contributed by atoms with E-state index in [0.29, 0.717) is 23.7 Å². The maximum Gasteiger partial charge on any atom is 0.327 e. The van der Waals surface area contributed by atoms with Crippen LogP contribution < -0.4 is 0 Å². The van der Waals surface area contributed by atoms with Crippen molar-refractivity contribution in [1.82, 2.24) is 0 Å². The van der Waals surface area contributed by atoms with Crippen LogP contribution in [0.25, 0.3) is 0 Å². The van der Waals surface area contributed by atoms with Crippen molar-refractivity contribution < 1.29 is 9.90 Å². The third-order valence-electron chi connectivity index (χ3n) is 3.96. The minimum Gasteiger partial charge on any atom is -0.478 e. The van der Waals surface area contributed by atoms with E-state index in [2.05, 4.69) is 32.1 Å². The smallest absolute Gasteiger partial charge is 0.327 e. The fourth-order valence-electron chi connectivity index (χ4n) is 3.00. The Bertz CT molecular complexity index is 390. The van der Waals surface area contributed by atoms with Gasteiger partial charge in [-0.05, 0) is 42.1 Å². The molecule has 0 saturated carbocycles. The monoisotopic (exact) mass is 232 g/mol. The van der Waals surface area contributed by atoms with Crippen LogP contribution in [0.15, 0.2) is 36.0 Å². The zero-order valence-electron chi connectivity index (χ0n) is 10.5. The molecule has 0 aromatic rings. The van der Waals surface area contributed by atoms with E-state index >= 15 is 0 Å². The number of allylic oxidation sites excluding steroid dienone is 5. The first kappa shape index (κ1) is 12.2. The van der Waals surface area contributed by atoms with Crippen LogP contribution in [0.3, 0.4) is 0 Å². The van der Waals surface area contributed by atoms with Crippen LogP contribution in [-0.2, 0) is 4.79 Å². The van der Waals surface area contributed by atoms with Gasteiger partial charge in [-0.3, -0.25) is 0 Å². The van der Waals surface area contributed by atoms with Crippen molar-refractivity contribution >= 4 is 5.97 Å². The predicted molar refractivity (Wildman–Crippen MR) is 68.5 cm³/mol. The second kappa shape index (κ2) is 4.91. The number of carboxylic acids is 1. The highest BCUT2D eigenvalue weighted by Gasteiger charge is 2.31. The maximum absolute atomic E-state index is 10.6. The van der Waals surface area contributed by atoms with Crippen LogP contribution in [0, 0.1) is 23.7 Å². The van der Waals surface area contributed by atoms with Crippen LogP contribution in [0.1, 0.15) is 26.7 Å². The zero-order chi connectivity index (χ0) is 12.4. The molecular weight excluding hydrogens is 212 g/mol. The number of aliphatic carboxylic acids is 1. The molecule has 17 heavy (non-hydrogen) atoms. The van der Waals surface area contributed by atoms with E-state index in [0.717, 1.165) is 0 Å². The molecule has 2 heteroatoms. The van der Waals surface area contributed by atoms with E-state index in [1.54, 1.807) is 0 Å². The third kappa shape index (κ3) is 2.68. The van der Waals surface area contributed by atoms with Crippen molar-refractivity contribution in [2.24, 2.45) is 23.7 Å². The summed E-state index contributed by atoms with van der Waals surface area (Å²) in [5, 5.41) is 8.75. The van der Waals surface area contributed by atoms with E-state index in [1.807, 2.05) is 6.08 Å². The fourth-order valence-corrected chi connectivity index (χ4v) is 3.00. The minimum atomic E-state index is -0.846. The summed E-state index contributed by atoms with van der Waals surface area (Å²) < 4.78 is 0. The van der Waals surface area contributed by atoms with E-state index in [4.69, 9.17) is 5.11 Å². The molecule has 0 amide bonds. The van der Waals surface area contributed by atoms with Gasteiger partial charge in [0.15, 0.2) is 0 Å². The number of rotatable bonds is 2. The van der Waals surface area contributed by atoms with Gasteiger partial charge in [0.2, 0.25) is 0 Å². The van der Waals surface area contributed by atoms with E-state index < -0.39 is 5.97 Å². The Morgan fingerprint density at radius 3 is 2.88 bits per heavy atom. The quantitative estimate of drug-likeness (QED) is 0.741. The van der Waals surface area contributed by atoms with Gasteiger partial charge in [0.1, 0.15) is 0 Å². The van der Waals surface area contributed by atoms with Crippen molar-refractivity contribution in [3.63, 3.8) is 0 Å². The van der Waals surface area contributed by atoms with Gasteiger partial charge >= 0.3 is 5.97 Å². The molecule has 0 bridgehead atoms. The second-order valence-corrected chi connectivity index (χ2v) is 5.32. The molecule has 0 fully saturated rings. The summed E-state index contributed by atoms with van der Waals surface area (Å²) in [6.07, 6.45) is 12.4. The summed E-state index contributed by atoms with van der Waals surface area (Å²) in [7, 11) is 0. The second-order valence-electron chi connectivity index (χ2n) is 5.32. The molecule has 0 unspecified atom stereocenters. The lowest BCUT2D eigenvalue weighted by molar-refractivity contribution is -0.131. The molecule has 2 nitrogen and oxygen atoms in total. The molecule has 1 N–H and O–H groups in total. The van der Waals surface area contributed by atoms with Crippen LogP contribution in [-0.4, -0.2) is 11.1 Å². The summed E-state index contributed by atoms with van der Waals surface area (Å²) in [6.45, 7) is 4.42. The molecule has 2 aliphatic rings. The van der Waals surface area contributed by atoms with Gasteiger partial charge in [-0.25, -0.2) is 4.79 Å². The maximum atomic E-state index is 10.6. The lowest BCUT2D eigenvalue weighted by Gasteiger charge is -2.36. The highest BCUT2D eigenvalue weighted by Crippen LogP contribution is 2.41. The summed E-state index contributed by atoms with van der Waals surface area (Å²) >= 11 is 0. The van der Waals surface area contributed by atoms with Crippen molar-refractivity contribution in [2.45, 2.75) is 26.7 Å². The van der Waals surface area contributed by atoms with Gasteiger partial charge < -0.3 is 5.11 Å². The van der Waals surface area contributed by atoms with Crippen LogP contribution in [0.5, 0.6) is 0 Å². The topological polar surface area (TPSA) is 37.3 Å². The van der Waals surface area contributed by atoms with Gasteiger partial charge in [-0.2, -0.15) is 0 Å². The van der Waals surface area contributed by atoms with Crippen molar-refractivity contribution in [3.8, 4) is 0 Å². The molecule has 0 aromatic heterocycles. The molecule has 0 saturated heterocycles. The van der Waals surface area contributed by atoms with Crippen molar-refractivity contribution in [1.29, 1.82) is 0 Å². The van der Waals surface area contributed by atoms with Gasteiger partial charge in [0, 0.05) is 6.08 Å². The summed E-state index contributed by atoms with van der Waals surface area (Å²) in [5.74, 6) is 1.10.